The SMILES string of the molecule is C=C1C[C@H](c2ccc(F)cc2F)[C@H](C(=O)N2C(=O)CC[C@@H]2Cc2ccccc2)C1. The summed E-state index contributed by atoms with van der Waals surface area (Å²) in [6.45, 7) is 3.99. The minimum absolute atomic E-state index is 0.174. The first-order valence-electron chi connectivity index (χ1n) is 9.95. The molecule has 29 heavy (non-hydrogen) atoms. The molecule has 1 aliphatic heterocycles. The predicted octanol–water partition coefficient (Wildman–Crippen LogP) is 4.77. The zero-order chi connectivity index (χ0) is 20.5. The summed E-state index contributed by atoms with van der Waals surface area (Å²) in [4.78, 5) is 27.4. The molecule has 2 fully saturated rings. The molecule has 3 nitrogen and oxygen atoms in total. The second kappa shape index (κ2) is 7.90. The molecule has 0 spiro atoms. The lowest BCUT2D eigenvalue weighted by Gasteiger charge is -2.28. The van der Waals surface area contributed by atoms with Crippen LogP contribution in [0.5, 0.6) is 0 Å². The fraction of sp³-hybridized carbons (Fsp3) is 0.333. The second-order valence-electron chi connectivity index (χ2n) is 8.02. The molecule has 0 radical (unpaired) electrons. The van der Waals surface area contributed by atoms with Gasteiger partial charge in [0.05, 0.1) is 0 Å². The number of hydrogen-bond acceptors (Lipinski definition) is 2. The minimum atomic E-state index is -0.656. The number of hydrogen-bond donors (Lipinski definition) is 0. The van der Waals surface area contributed by atoms with Crippen LogP contribution in [0.1, 0.15) is 42.7 Å². The number of rotatable bonds is 4. The van der Waals surface area contributed by atoms with E-state index in [1.807, 2.05) is 30.3 Å². The first-order valence-corrected chi connectivity index (χ1v) is 9.95. The van der Waals surface area contributed by atoms with Crippen LogP contribution in [0.2, 0.25) is 0 Å². The highest BCUT2D eigenvalue weighted by atomic mass is 19.1. The van der Waals surface area contributed by atoms with E-state index in [0.717, 1.165) is 17.2 Å². The molecule has 4 rings (SSSR count). The molecule has 1 aliphatic carbocycles. The molecule has 0 aromatic heterocycles. The second-order valence-corrected chi connectivity index (χ2v) is 8.02. The van der Waals surface area contributed by atoms with Crippen molar-refractivity contribution in [2.24, 2.45) is 5.92 Å². The Kier molecular flexibility index (Phi) is 5.31. The summed E-state index contributed by atoms with van der Waals surface area (Å²) >= 11 is 0. The van der Waals surface area contributed by atoms with E-state index in [9.17, 15) is 18.4 Å². The Bertz CT molecular complexity index is 957. The van der Waals surface area contributed by atoms with Gasteiger partial charge in [-0.05, 0) is 42.9 Å². The van der Waals surface area contributed by atoms with E-state index in [4.69, 9.17) is 0 Å². The number of halogens is 2. The van der Waals surface area contributed by atoms with Crippen molar-refractivity contribution in [3.63, 3.8) is 0 Å². The van der Waals surface area contributed by atoms with Gasteiger partial charge in [0.1, 0.15) is 11.6 Å². The maximum atomic E-state index is 14.4. The smallest absolute Gasteiger partial charge is 0.233 e. The number of likely N-dealkylation sites (tertiary alicyclic amines) is 1. The van der Waals surface area contributed by atoms with Crippen molar-refractivity contribution in [3.8, 4) is 0 Å². The maximum Gasteiger partial charge on any atom is 0.233 e. The van der Waals surface area contributed by atoms with Gasteiger partial charge in [0.25, 0.3) is 0 Å². The van der Waals surface area contributed by atoms with Gasteiger partial charge in [0.2, 0.25) is 11.8 Å². The van der Waals surface area contributed by atoms with E-state index >= 15 is 0 Å². The van der Waals surface area contributed by atoms with Gasteiger partial charge in [-0.1, -0.05) is 48.6 Å². The molecule has 3 atom stereocenters. The van der Waals surface area contributed by atoms with E-state index in [2.05, 4.69) is 6.58 Å². The quantitative estimate of drug-likeness (QED) is 0.552. The van der Waals surface area contributed by atoms with Gasteiger partial charge < -0.3 is 0 Å². The molecule has 0 unspecified atom stereocenters. The Balaban J connectivity index is 1.60. The Morgan fingerprint density at radius 1 is 1.10 bits per heavy atom. The zero-order valence-corrected chi connectivity index (χ0v) is 16.1. The average molecular weight is 395 g/mol. The van der Waals surface area contributed by atoms with E-state index in [1.54, 1.807) is 0 Å². The lowest BCUT2D eigenvalue weighted by molar-refractivity contribution is -0.146. The van der Waals surface area contributed by atoms with Crippen LogP contribution in [0.3, 0.4) is 0 Å². The molecule has 150 valence electrons. The van der Waals surface area contributed by atoms with Gasteiger partial charge in [0, 0.05) is 30.4 Å². The van der Waals surface area contributed by atoms with Crippen LogP contribution < -0.4 is 0 Å². The number of benzene rings is 2. The summed E-state index contributed by atoms with van der Waals surface area (Å²) in [6, 6.07) is 13.0. The van der Waals surface area contributed by atoms with E-state index in [0.29, 0.717) is 37.7 Å². The lowest BCUT2D eigenvalue weighted by Crippen LogP contribution is -2.43. The summed E-state index contributed by atoms with van der Waals surface area (Å²) in [6.07, 6.45) is 2.46. The molecular formula is C24H23F2NO2. The van der Waals surface area contributed by atoms with Crippen LogP contribution in [-0.2, 0) is 16.0 Å². The largest absolute Gasteiger partial charge is 0.279 e. The zero-order valence-electron chi connectivity index (χ0n) is 16.1. The topological polar surface area (TPSA) is 37.4 Å². The normalized spacial score (nSPS) is 24.3. The van der Waals surface area contributed by atoms with Gasteiger partial charge in [-0.2, -0.15) is 0 Å². The molecule has 1 heterocycles. The molecule has 0 N–H and O–H groups in total. The fourth-order valence-electron chi connectivity index (χ4n) is 4.68. The van der Waals surface area contributed by atoms with Gasteiger partial charge >= 0.3 is 0 Å². The third kappa shape index (κ3) is 3.86. The standard InChI is InChI=1S/C24H23F2NO2/c1-15-11-20(19-9-7-17(25)14-22(19)26)21(12-15)24(29)27-18(8-10-23(27)28)13-16-5-3-2-4-6-16/h2-7,9,14,18,20-21H,1,8,10-13H2/t18-,20-,21-/m1/s1. The highest BCUT2D eigenvalue weighted by molar-refractivity contribution is 5.99. The number of allylic oxidation sites excluding steroid dienone is 1. The molecule has 1 saturated carbocycles. The molecule has 0 bridgehead atoms. The van der Waals surface area contributed by atoms with Crippen molar-refractivity contribution in [1.82, 2.24) is 4.90 Å². The summed E-state index contributed by atoms with van der Waals surface area (Å²) < 4.78 is 27.8. The molecular weight excluding hydrogens is 372 g/mol. The van der Waals surface area contributed by atoms with Crippen molar-refractivity contribution in [1.29, 1.82) is 0 Å². The lowest BCUT2D eigenvalue weighted by atomic mass is 9.87. The average Bonchev–Trinajstić information content (AvgIpc) is 3.25. The molecule has 2 amide bonds. The van der Waals surface area contributed by atoms with Crippen LogP contribution in [0.15, 0.2) is 60.7 Å². The first-order chi connectivity index (χ1) is 13.9. The van der Waals surface area contributed by atoms with Gasteiger partial charge in [0.15, 0.2) is 0 Å². The predicted molar refractivity (Wildman–Crippen MR) is 106 cm³/mol. The van der Waals surface area contributed by atoms with Crippen molar-refractivity contribution < 1.29 is 18.4 Å². The van der Waals surface area contributed by atoms with Crippen molar-refractivity contribution in [2.75, 3.05) is 0 Å². The molecule has 2 aliphatic rings. The Morgan fingerprint density at radius 2 is 1.86 bits per heavy atom. The number of amides is 2. The van der Waals surface area contributed by atoms with Crippen molar-refractivity contribution in [3.05, 3.63) is 83.4 Å². The minimum Gasteiger partial charge on any atom is -0.279 e. The fourth-order valence-corrected chi connectivity index (χ4v) is 4.68. The van der Waals surface area contributed by atoms with Crippen LogP contribution in [0.4, 0.5) is 8.78 Å². The van der Waals surface area contributed by atoms with Gasteiger partial charge in [-0.3, -0.25) is 14.5 Å². The number of carbonyl (C=O) groups is 2. The van der Waals surface area contributed by atoms with Crippen molar-refractivity contribution in [2.45, 2.75) is 44.1 Å². The Labute approximate surface area is 169 Å². The van der Waals surface area contributed by atoms with Crippen LogP contribution in [0.25, 0.3) is 0 Å². The van der Waals surface area contributed by atoms with E-state index in [-0.39, 0.29) is 17.9 Å². The van der Waals surface area contributed by atoms with Crippen LogP contribution >= 0.6 is 0 Å². The summed E-state index contributed by atoms with van der Waals surface area (Å²) in [5.74, 6) is -2.73. The molecule has 5 heteroatoms. The van der Waals surface area contributed by atoms with Crippen LogP contribution in [-0.4, -0.2) is 22.8 Å². The Morgan fingerprint density at radius 3 is 2.59 bits per heavy atom. The van der Waals surface area contributed by atoms with E-state index in [1.165, 1.54) is 17.0 Å². The number of nitrogens with zero attached hydrogens (tertiary/aromatic N) is 1. The van der Waals surface area contributed by atoms with Crippen LogP contribution in [0, 0.1) is 17.6 Å². The summed E-state index contributed by atoms with van der Waals surface area (Å²) in [5.41, 5.74) is 2.24. The summed E-state index contributed by atoms with van der Waals surface area (Å²) in [7, 11) is 0. The Hall–Kier alpha value is -2.82. The number of carbonyl (C=O) groups excluding carboxylic acids is 2. The highest BCUT2D eigenvalue weighted by Crippen LogP contribution is 2.45. The summed E-state index contributed by atoms with van der Waals surface area (Å²) in [5, 5.41) is 0. The monoisotopic (exact) mass is 395 g/mol. The molecule has 1 saturated heterocycles. The molecule has 2 aromatic carbocycles. The van der Waals surface area contributed by atoms with E-state index < -0.39 is 23.5 Å². The van der Waals surface area contributed by atoms with Crippen molar-refractivity contribution >= 4 is 11.8 Å². The first kappa shape index (κ1) is 19.5. The highest BCUT2D eigenvalue weighted by Gasteiger charge is 2.44. The third-order valence-electron chi connectivity index (χ3n) is 6.06. The number of imide groups is 1. The van der Waals surface area contributed by atoms with Gasteiger partial charge in [-0.15, -0.1) is 0 Å². The van der Waals surface area contributed by atoms with Gasteiger partial charge in [-0.25, -0.2) is 8.78 Å². The maximum absolute atomic E-state index is 14.4. The third-order valence-corrected chi connectivity index (χ3v) is 6.06. The molecule has 2 aromatic rings.